The molecule has 0 spiro atoms. The number of carbonyl (C=O) groups excluding carboxylic acids is 2. The van der Waals surface area contributed by atoms with Crippen LogP contribution < -0.4 is 5.32 Å². The van der Waals surface area contributed by atoms with Crippen LogP contribution in [-0.4, -0.2) is 53.8 Å². The molecule has 0 aliphatic carbocycles. The number of piperidine rings is 1. The highest BCUT2D eigenvalue weighted by molar-refractivity contribution is 6.31. The summed E-state index contributed by atoms with van der Waals surface area (Å²) in [4.78, 5) is 28.8. The minimum absolute atomic E-state index is 0. The van der Waals surface area contributed by atoms with Crippen molar-refractivity contribution in [2.45, 2.75) is 38.3 Å². The van der Waals surface area contributed by atoms with Crippen LogP contribution in [0.25, 0.3) is 0 Å². The Kier molecular flexibility index (Phi) is 7.54. The van der Waals surface area contributed by atoms with Crippen molar-refractivity contribution >= 4 is 35.8 Å². The minimum atomic E-state index is -0.421. The standard InChI is InChI=1S/C18H24ClN3O2.ClH/c19-15-7-3-2-6-14(15)13-22-11-8-20-16(18(22)24)12-17(23)21-9-4-1-5-10-21;/h2-3,6-7,16,20H,1,4-5,8-13H2;1H. The second-order valence-electron chi connectivity index (χ2n) is 6.50. The van der Waals surface area contributed by atoms with Crippen molar-refractivity contribution in [3.05, 3.63) is 34.9 Å². The van der Waals surface area contributed by atoms with Gasteiger partial charge in [0.2, 0.25) is 11.8 Å². The molecule has 5 nitrogen and oxygen atoms in total. The fourth-order valence-electron chi connectivity index (χ4n) is 3.39. The Labute approximate surface area is 160 Å². The van der Waals surface area contributed by atoms with Crippen LogP contribution in [0, 0.1) is 0 Å². The Morgan fingerprint density at radius 3 is 2.60 bits per heavy atom. The van der Waals surface area contributed by atoms with Crippen LogP contribution in [0.4, 0.5) is 0 Å². The number of amides is 2. The van der Waals surface area contributed by atoms with Crippen LogP contribution in [0.15, 0.2) is 24.3 Å². The molecular formula is C18H25Cl2N3O2. The summed E-state index contributed by atoms with van der Waals surface area (Å²) in [5, 5.41) is 3.87. The summed E-state index contributed by atoms with van der Waals surface area (Å²) >= 11 is 6.20. The van der Waals surface area contributed by atoms with Crippen molar-refractivity contribution in [2.24, 2.45) is 0 Å². The molecule has 138 valence electrons. The Hall–Kier alpha value is -1.30. The first kappa shape index (κ1) is 20.0. The first-order chi connectivity index (χ1) is 11.6. The molecule has 2 aliphatic heterocycles. The van der Waals surface area contributed by atoms with Crippen molar-refractivity contribution in [2.75, 3.05) is 26.2 Å². The van der Waals surface area contributed by atoms with Gasteiger partial charge in [0.15, 0.2) is 0 Å². The van der Waals surface area contributed by atoms with Gasteiger partial charge in [0.1, 0.15) is 0 Å². The monoisotopic (exact) mass is 385 g/mol. The van der Waals surface area contributed by atoms with Gasteiger partial charge < -0.3 is 15.1 Å². The smallest absolute Gasteiger partial charge is 0.240 e. The summed E-state index contributed by atoms with van der Waals surface area (Å²) in [5.41, 5.74) is 0.940. The first-order valence-corrected chi connectivity index (χ1v) is 9.06. The van der Waals surface area contributed by atoms with Gasteiger partial charge in [-0.1, -0.05) is 29.8 Å². The van der Waals surface area contributed by atoms with Gasteiger partial charge >= 0.3 is 0 Å². The molecule has 0 radical (unpaired) electrons. The summed E-state index contributed by atoms with van der Waals surface area (Å²) in [6.07, 6.45) is 3.57. The largest absolute Gasteiger partial charge is 0.343 e. The third kappa shape index (κ3) is 5.09. The SMILES string of the molecule is Cl.O=C(CC1NCCN(Cc2ccccc2Cl)C1=O)N1CCCCC1. The Bertz CT molecular complexity index is 606. The van der Waals surface area contributed by atoms with E-state index in [2.05, 4.69) is 5.32 Å². The zero-order valence-electron chi connectivity index (χ0n) is 14.2. The molecule has 1 aromatic carbocycles. The van der Waals surface area contributed by atoms with Crippen molar-refractivity contribution in [1.29, 1.82) is 0 Å². The fraction of sp³-hybridized carbons (Fsp3) is 0.556. The Morgan fingerprint density at radius 1 is 1.16 bits per heavy atom. The predicted octanol–water partition coefficient (Wildman–Crippen LogP) is 2.46. The average molecular weight is 386 g/mol. The number of halogens is 2. The van der Waals surface area contributed by atoms with Crippen LogP contribution in [0.1, 0.15) is 31.2 Å². The summed E-state index contributed by atoms with van der Waals surface area (Å²) in [5.74, 6) is 0.0756. The summed E-state index contributed by atoms with van der Waals surface area (Å²) in [6, 6.07) is 7.15. The van der Waals surface area contributed by atoms with E-state index in [0.717, 1.165) is 31.5 Å². The number of benzene rings is 1. The van der Waals surface area contributed by atoms with E-state index in [0.29, 0.717) is 24.7 Å². The van der Waals surface area contributed by atoms with Gasteiger partial charge in [-0.2, -0.15) is 0 Å². The fourth-order valence-corrected chi connectivity index (χ4v) is 3.58. The molecule has 0 bridgehead atoms. The first-order valence-electron chi connectivity index (χ1n) is 8.68. The molecular weight excluding hydrogens is 361 g/mol. The summed E-state index contributed by atoms with van der Waals surface area (Å²) in [6.45, 7) is 3.48. The van der Waals surface area contributed by atoms with E-state index in [4.69, 9.17) is 11.6 Å². The highest BCUT2D eigenvalue weighted by Gasteiger charge is 2.31. The van der Waals surface area contributed by atoms with E-state index in [1.54, 1.807) is 4.90 Å². The predicted molar refractivity (Wildman–Crippen MR) is 101 cm³/mol. The maximum Gasteiger partial charge on any atom is 0.240 e. The zero-order chi connectivity index (χ0) is 16.9. The van der Waals surface area contributed by atoms with Crippen LogP contribution in [0.2, 0.25) is 5.02 Å². The number of hydrogen-bond donors (Lipinski definition) is 1. The maximum atomic E-state index is 12.7. The van der Waals surface area contributed by atoms with Gasteiger partial charge in [-0.25, -0.2) is 0 Å². The van der Waals surface area contributed by atoms with Gasteiger partial charge in [-0.15, -0.1) is 12.4 Å². The highest BCUT2D eigenvalue weighted by atomic mass is 35.5. The molecule has 0 saturated carbocycles. The normalized spacial score (nSPS) is 21.0. The molecule has 3 rings (SSSR count). The topological polar surface area (TPSA) is 52.7 Å². The van der Waals surface area contributed by atoms with E-state index >= 15 is 0 Å². The number of carbonyl (C=O) groups is 2. The number of hydrogen-bond acceptors (Lipinski definition) is 3. The lowest BCUT2D eigenvalue weighted by atomic mass is 10.1. The van der Waals surface area contributed by atoms with E-state index in [1.807, 2.05) is 29.2 Å². The third-order valence-corrected chi connectivity index (χ3v) is 5.16. The molecule has 1 aromatic rings. The lowest BCUT2D eigenvalue weighted by molar-refractivity contribution is -0.141. The molecule has 25 heavy (non-hydrogen) atoms. The quantitative estimate of drug-likeness (QED) is 0.865. The van der Waals surface area contributed by atoms with Crippen LogP contribution in [-0.2, 0) is 16.1 Å². The number of rotatable bonds is 4. The summed E-state index contributed by atoms with van der Waals surface area (Å²) < 4.78 is 0. The molecule has 2 fully saturated rings. The highest BCUT2D eigenvalue weighted by Crippen LogP contribution is 2.19. The molecule has 7 heteroatoms. The molecule has 2 amide bonds. The zero-order valence-corrected chi connectivity index (χ0v) is 15.8. The lowest BCUT2D eigenvalue weighted by Crippen LogP contribution is -2.56. The number of piperazine rings is 1. The summed E-state index contributed by atoms with van der Waals surface area (Å²) in [7, 11) is 0. The number of likely N-dealkylation sites (tertiary alicyclic amines) is 1. The van der Waals surface area contributed by atoms with Crippen molar-refractivity contribution < 1.29 is 9.59 Å². The van der Waals surface area contributed by atoms with Crippen molar-refractivity contribution in [1.82, 2.24) is 15.1 Å². The van der Waals surface area contributed by atoms with E-state index in [9.17, 15) is 9.59 Å². The molecule has 1 atom stereocenters. The van der Waals surface area contributed by atoms with Gasteiger partial charge in [0, 0.05) is 37.7 Å². The second-order valence-corrected chi connectivity index (χ2v) is 6.91. The van der Waals surface area contributed by atoms with Gasteiger partial charge in [-0.05, 0) is 30.9 Å². The van der Waals surface area contributed by atoms with E-state index < -0.39 is 6.04 Å². The molecule has 2 saturated heterocycles. The third-order valence-electron chi connectivity index (χ3n) is 4.79. The van der Waals surface area contributed by atoms with E-state index in [1.165, 1.54) is 6.42 Å². The lowest BCUT2D eigenvalue weighted by Gasteiger charge is -2.34. The maximum absolute atomic E-state index is 12.7. The molecule has 2 aliphatic rings. The Balaban J connectivity index is 0.00000225. The number of nitrogens with zero attached hydrogens (tertiary/aromatic N) is 2. The minimum Gasteiger partial charge on any atom is -0.343 e. The second kappa shape index (κ2) is 9.41. The van der Waals surface area contributed by atoms with Crippen LogP contribution >= 0.6 is 24.0 Å². The Morgan fingerprint density at radius 2 is 1.88 bits per heavy atom. The molecule has 2 heterocycles. The van der Waals surface area contributed by atoms with Crippen molar-refractivity contribution in [3.8, 4) is 0 Å². The molecule has 1 unspecified atom stereocenters. The van der Waals surface area contributed by atoms with Crippen LogP contribution in [0.3, 0.4) is 0 Å². The van der Waals surface area contributed by atoms with Gasteiger partial charge in [0.25, 0.3) is 0 Å². The van der Waals surface area contributed by atoms with Crippen molar-refractivity contribution in [3.63, 3.8) is 0 Å². The molecule has 1 N–H and O–H groups in total. The van der Waals surface area contributed by atoms with E-state index in [-0.39, 0.29) is 30.6 Å². The molecule has 0 aromatic heterocycles. The van der Waals surface area contributed by atoms with Gasteiger partial charge in [-0.3, -0.25) is 9.59 Å². The number of nitrogens with one attached hydrogen (secondary N) is 1. The average Bonchev–Trinajstić information content (AvgIpc) is 2.61. The van der Waals surface area contributed by atoms with Gasteiger partial charge in [0.05, 0.1) is 12.5 Å². The van der Waals surface area contributed by atoms with Crippen LogP contribution in [0.5, 0.6) is 0 Å².